The van der Waals surface area contributed by atoms with Gasteiger partial charge in [0.05, 0.1) is 6.54 Å². The van der Waals surface area contributed by atoms with E-state index in [0.717, 1.165) is 0 Å². The minimum atomic E-state index is -0.628. The maximum absolute atomic E-state index is 13.8. The molecule has 0 spiro atoms. The van der Waals surface area contributed by atoms with Gasteiger partial charge in [-0.05, 0) is 50.1 Å². The number of amides is 2. The molecule has 3 rings (SSSR count). The monoisotopic (exact) mass is 433 g/mol. The van der Waals surface area contributed by atoms with Crippen LogP contribution in [0.25, 0.3) is 0 Å². The molecule has 2 amide bonds. The van der Waals surface area contributed by atoms with Gasteiger partial charge in [-0.25, -0.2) is 13.2 Å². The summed E-state index contributed by atoms with van der Waals surface area (Å²) in [5, 5.41) is 2.78. The number of hydrogen-bond acceptors (Lipinski definition) is 3. The van der Waals surface area contributed by atoms with E-state index in [1.54, 1.807) is 17.9 Å². The second kappa shape index (κ2) is 10.4. The Kier molecular flexibility index (Phi) is 7.68. The molecule has 2 aromatic rings. The van der Waals surface area contributed by atoms with E-state index in [-0.39, 0.29) is 30.3 Å². The molecule has 1 saturated heterocycles. The Morgan fingerprint density at radius 3 is 2.42 bits per heavy atom. The van der Waals surface area contributed by atoms with E-state index in [4.69, 9.17) is 0 Å². The predicted octanol–water partition coefficient (Wildman–Crippen LogP) is 3.00. The second-order valence-corrected chi connectivity index (χ2v) is 7.81. The van der Waals surface area contributed by atoms with Crippen LogP contribution in [0.1, 0.15) is 29.3 Å². The maximum atomic E-state index is 13.8. The van der Waals surface area contributed by atoms with Gasteiger partial charge in [-0.1, -0.05) is 12.1 Å². The summed E-state index contributed by atoms with van der Waals surface area (Å²) < 4.78 is 41.0. The number of halogens is 3. The van der Waals surface area contributed by atoms with Crippen molar-refractivity contribution in [2.45, 2.75) is 25.8 Å². The molecule has 31 heavy (non-hydrogen) atoms. The summed E-state index contributed by atoms with van der Waals surface area (Å²) in [4.78, 5) is 28.6. The van der Waals surface area contributed by atoms with Gasteiger partial charge in [0, 0.05) is 43.3 Å². The van der Waals surface area contributed by atoms with Crippen LogP contribution in [0.4, 0.5) is 13.2 Å². The first-order valence-electron chi connectivity index (χ1n) is 10.3. The molecule has 0 bridgehead atoms. The van der Waals surface area contributed by atoms with Gasteiger partial charge in [0.15, 0.2) is 0 Å². The van der Waals surface area contributed by atoms with Crippen LogP contribution in [0, 0.1) is 17.5 Å². The lowest BCUT2D eigenvalue weighted by molar-refractivity contribution is -0.122. The van der Waals surface area contributed by atoms with Crippen LogP contribution >= 0.6 is 0 Å². The highest BCUT2D eigenvalue weighted by atomic mass is 19.1. The smallest absolute Gasteiger partial charge is 0.254 e. The Morgan fingerprint density at radius 2 is 1.71 bits per heavy atom. The molecule has 1 aliphatic heterocycles. The highest BCUT2D eigenvalue weighted by molar-refractivity contribution is 5.94. The van der Waals surface area contributed by atoms with Crippen molar-refractivity contribution in [1.82, 2.24) is 15.1 Å². The molecule has 1 N–H and O–H groups in total. The largest absolute Gasteiger partial charge is 0.352 e. The number of nitrogens with zero attached hydrogens (tertiary/aromatic N) is 2. The highest BCUT2D eigenvalue weighted by Gasteiger charge is 2.22. The molecule has 8 heteroatoms. The van der Waals surface area contributed by atoms with Crippen LogP contribution in [0.2, 0.25) is 0 Å². The summed E-state index contributed by atoms with van der Waals surface area (Å²) in [5.41, 5.74) is 0.261. The molecule has 1 heterocycles. The predicted molar refractivity (Wildman–Crippen MR) is 111 cm³/mol. The Bertz CT molecular complexity index is 918. The number of carbonyl (C=O) groups is 2. The third-order valence-electron chi connectivity index (χ3n) is 5.29. The molecular formula is C23H26F3N3O2. The van der Waals surface area contributed by atoms with Crippen molar-refractivity contribution in [1.29, 1.82) is 0 Å². The first-order valence-corrected chi connectivity index (χ1v) is 10.3. The lowest BCUT2D eigenvalue weighted by Crippen LogP contribution is -2.43. The molecule has 1 fully saturated rings. The van der Waals surface area contributed by atoms with Gasteiger partial charge < -0.3 is 10.2 Å². The Labute approximate surface area is 179 Å². The molecule has 166 valence electrons. The van der Waals surface area contributed by atoms with Crippen LogP contribution in [0.5, 0.6) is 0 Å². The van der Waals surface area contributed by atoms with Crippen LogP contribution in [-0.2, 0) is 11.2 Å². The molecule has 1 atom stereocenters. The fourth-order valence-electron chi connectivity index (χ4n) is 3.74. The van der Waals surface area contributed by atoms with E-state index in [1.807, 2.05) is 4.90 Å². The summed E-state index contributed by atoms with van der Waals surface area (Å²) in [5.74, 6) is -2.18. The van der Waals surface area contributed by atoms with Gasteiger partial charge in [0.1, 0.15) is 17.5 Å². The van der Waals surface area contributed by atoms with Gasteiger partial charge in [-0.2, -0.15) is 0 Å². The zero-order valence-electron chi connectivity index (χ0n) is 17.4. The number of benzene rings is 2. The summed E-state index contributed by atoms with van der Waals surface area (Å²) in [6.45, 7) is 3.92. The first-order chi connectivity index (χ1) is 14.8. The minimum absolute atomic E-state index is 0.0448. The molecule has 5 nitrogen and oxygen atoms in total. The average Bonchev–Trinajstić information content (AvgIpc) is 2.95. The quantitative estimate of drug-likeness (QED) is 0.762. The van der Waals surface area contributed by atoms with Crippen LogP contribution in [-0.4, -0.2) is 60.4 Å². The van der Waals surface area contributed by atoms with Crippen molar-refractivity contribution in [3.05, 3.63) is 71.0 Å². The summed E-state index contributed by atoms with van der Waals surface area (Å²) >= 11 is 0. The van der Waals surface area contributed by atoms with Gasteiger partial charge in [-0.15, -0.1) is 0 Å². The van der Waals surface area contributed by atoms with Gasteiger partial charge in [0.2, 0.25) is 5.91 Å². The van der Waals surface area contributed by atoms with Crippen molar-refractivity contribution in [2.75, 3.05) is 32.7 Å². The normalized spacial score (nSPS) is 15.9. The lowest BCUT2D eigenvalue weighted by atomic mass is 10.1. The number of rotatable bonds is 6. The van der Waals surface area contributed by atoms with Crippen molar-refractivity contribution < 1.29 is 22.8 Å². The number of nitrogens with one attached hydrogen (secondary N) is 1. The molecular weight excluding hydrogens is 407 g/mol. The van der Waals surface area contributed by atoms with Gasteiger partial charge in [0.25, 0.3) is 5.91 Å². The number of carbonyl (C=O) groups excluding carboxylic acids is 2. The Hall–Kier alpha value is -2.87. The third kappa shape index (κ3) is 6.30. The molecule has 1 aliphatic rings. The molecule has 0 saturated carbocycles. The molecule has 2 aromatic carbocycles. The van der Waals surface area contributed by atoms with Gasteiger partial charge >= 0.3 is 0 Å². The second-order valence-electron chi connectivity index (χ2n) is 7.81. The first kappa shape index (κ1) is 22.8. The molecule has 0 aromatic heterocycles. The maximum Gasteiger partial charge on any atom is 0.254 e. The Balaban J connectivity index is 1.49. The molecule has 0 aliphatic carbocycles. The van der Waals surface area contributed by atoms with Crippen LogP contribution in [0.15, 0.2) is 42.5 Å². The van der Waals surface area contributed by atoms with E-state index in [1.165, 1.54) is 36.4 Å². The highest BCUT2D eigenvalue weighted by Crippen LogP contribution is 2.14. The fraction of sp³-hybridized carbons (Fsp3) is 0.391. The SMILES string of the molecule is CC(Cc1c(F)cccc1F)NC(=O)CN1CCCN(C(=O)c2cccc(F)c2)CC1. The molecule has 0 radical (unpaired) electrons. The molecule has 1 unspecified atom stereocenters. The fourth-order valence-corrected chi connectivity index (χ4v) is 3.74. The topological polar surface area (TPSA) is 52.7 Å². The summed E-state index contributed by atoms with van der Waals surface area (Å²) in [6, 6.07) is 8.87. The Morgan fingerprint density at radius 1 is 1.00 bits per heavy atom. The van der Waals surface area contributed by atoms with Crippen LogP contribution < -0.4 is 5.32 Å². The zero-order chi connectivity index (χ0) is 22.4. The zero-order valence-corrected chi connectivity index (χ0v) is 17.4. The lowest BCUT2D eigenvalue weighted by Gasteiger charge is -2.22. The van der Waals surface area contributed by atoms with Gasteiger partial charge in [-0.3, -0.25) is 14.5 Å². The van der Waals surface area contributed by atoms with E-state index in [9.17, 15) is 22.8 Å². The standard InChI is InChI=1S/C23H26F3N3O2/c1-16(13-19-20(25)7-3-8-21(19)26)27-22(30)15-28-9-4-10-29(12-11-28)23(31)17-5-2-6-18(24)14-17/h2-3,5-8,14,16H,4,9-13,15H2,1H3,(H,27,30). The van der Waals surface area contributed by atoms with Crippen molar-refractivity contribution in [3.63, 3.8) is 0 Å². The number of hydrogen-bond donors (Lipinski definition) is 1. The van der Waals surface area contributed by atoms with E-state index in [2.05, 4.69) is 5.32 Å². The van der Waals surface area contributed by atoms with Crippen LogP contribution in [0.3, 0.4) is 0 Å². The summed E-state index contributed by atoms with van der Waals surface area (Å²) in [7, 11) is 0. The van der Waals surface area contributed by atoms with E-state index >= 15 is 0 Å². The van der Waals surface area contributed by atoms with E-state index < -0.39 is 23.5 Å². The minimum Gasteiger partial charge on any atom is -0.352 e. The van der Waals surface area contributed by atoms with Crippen molar-refractivity contribution in [3.8, 4) is 0 Å². The summed E-state index contributed by atoms with van der Waals surface area (Å²) in [6.07, 6.45) is 0.741. The third-order valence-corrected chi connectivity index (χ3v) is 5.29. The average molecular weight is 433 g/mol. The van der Waals surface area contributed by atoms with Crippen molar-refractivity contribution in [2.24, 2.45) is 0 Å². The van der Waals surface area contributed by atoms with Crippen molar-refractivity contribution >= 4 is 11.8 Å². The van der Waals surface area contributed by atoms with E-state index in [0.29, 0.717) is 38.2 Å².